The minimum absolute atomic E-state index is 0.131. The number of carbonyl (C=O) groups is 1. The minimum Gasteiger partial charge on any atom is -0.354 e. The lowest BCUT2D eigenvalue weighted by atomic mass is 10.0. The van der Waals surface area contributed by atoms with Crippen LogP contribution in [0.2, 0.25) is 0 Å². The highest BCUT2D eigenvalue weighted by Gasteiger charge is 2.44. The Morgan fingerprint density at radius 1 is 1.38 bits per heavy atom. The van der Waals surface area contributed by atoms with E-state index in [1.165, 1.54) is 6.07 Å². The van der Waals surface area contributed by atoms with Gasteiger partial charge in [0.25, 0.3) is 0 Å². The molecule has 1 saturated carbocycles. The van der Waals surface area contributed by atoms with E-state index in [0.29, 0.717) is 18.5 Å². The van der Waals surface area contributed by atoms with Gasteiger partial charge in [-0.3, -0.25) is 4.79 Å². The highest BCUT2D eigenvalue weighted by atomic mass is 19.4. The fourth-order valence-electron chi connectivity index (χ4n) is 2.24. The maximum Gasteiger partial charge on any atom is 0.416 e. The van der Waals surface area contributed by atoms with Crippen LogP contribution in [0.25, 0.3) is 0 Å². The maximum absolute atomic E-state index is 12.7. The zero-order valence-corrected chi connectivity index (χ0v) is 12.0. The third kappa shape index (κ3) is 4.20. The Bertz CT molecular complexity index is 534. The van der Waals surface area contributed by atoms with Crippen molar-refractivity contribution < 1.29 is 18.0 Å². The topological polar surface area (TPSA) is 55.1 Å². The molecule has 2 atom stereocenters. The summed E-state index contributed by atoms with van der Waals surface area (Å²) < 4.78 is 38.0. The van der Waals surface area contributed by atoms with E-state index in [1.807, 2.05) is 0 Å². The van der Waals surface area contributed by atoms with E-state index in [1.54, 1.807) is 19.9 Å². The van der Waals surface area contributed by atoms with Crippen LogP contribution < -0.4 is 11.1 Å². The number of hydrogen-bond acceptors (Lipinski definition) is 2. The Morgan fingerprint density at radius 3 is 2.62 bits per heavy atom. The van der Waals surface area contributed by atoms with Gasteiger partial charge in [-0.2, -0.15) is 13.2 Å². The molecular formula is C15H19F3N2O. The standard InChI is InChI=1S/C15H19F3N2O/c1-14(2,19)8-20-13(21)12-7-11(12)9-4-3-5-10(6-9)15(16,17)18/h3-6,11-12H,7-8,19H2,1-2H3,(H,20,21). The second-order valence-corrected chi connectivity index (χ2v) is 6.28. The number of nitrogens with two attached hydrogens (primary N) is 1. The molecule has 21 heavy (non-hydrogen) atoms. The second kappa shape index (κ2) is 5.33. The van der Waals surface area contributed by atoms with E-state index in [2.05, 4.69) is 5.32 Å². The first-order valence-corrected chi connectivity index (χ1v) is 6.82. The SMILES string of the molecule is CC(C)(N)CNC(=O)C1CC1c1cccc(C(F)(F)F)c1. The quantitative estimate of drug-likeness (QED) is 0.898. The lowest BCUT2D eigenvalue weighted by Crippen LogP contribution is -2.45. The predicted octanol–water partition coefficient (Wildman–Crippen LogP) is 2.66. The Balaban J connectivity index is 1.99. The van der Waals surface area contributed by atoms with Crippen LogP contribution in [-0.2, 0) is 11.0 Å². The monoisotopic (exact) mass is 300 g/mol. The third-order valence-electron chi connectivity index (χ3n) is 3.49. The first-order chi connectivity index (χ1) is 9.58. The first-order valence-electron chi connectivity index (χ1n) is 6.82. The van der Waals surface area contributed by atoms with Crippen LogP contribution in [0, 0.1) is 5.92 Å². The molecule has 2 unspecified atom stereocenters. The van der Waals surface area contributed by atoms with E-state index < -0.39 is 17.3 Å². The van der Waals surface area contributed by atoms with Crippen LogP contribution >= 0.6 is 0 Å². The molecule has 1 amide bonds. The van der Waals surface area contributed by atoms with Gasteiger partial charge in [0.1, 0.15) is 0 Å². The average Bonchev–Trinajstić information content (AvgIpc) is 3.14. The summed E-state index contributed by atoms with van der Waals surface area (Å²) >= 11 is 0. The van der Waals surface area contributed by atoms with Gasteiger partial charge in [0.2, 0.25) is 5.91 Å². The summed E-state index contributed by atoms with van der Waals surface area (Å²) in [6.07, 6.45) is -3.77. The van der Waals surface area contributed by atoms with Gasteiger partial charge < -0.3 is 11.1 Å². The third-order valence-corrected chi connectivity index (χ3v) is 3.49. The van der Waals surface area contributed by atoms with Crippen LogP contribution in [0.3, 0.4) is 0 Å². The van der Waals surface area contributed by atoms with Crippen molar-refractivity contribution in [3.63, 3.8) is 0 Å². The normalized spacial score (nSPS) is 22.0. The van der Waals surface area contributed by atoms with Gasteiger partial charge >= 0.3 is 6.18 Å². The number of nitrogens with one attached hydrogen (secondary N) is 1. The summed E-state index contributed by atoms with van der Waals surface area (Å²) in [6.45, 7) is 3.94. The summed E-state index contributed by atoms with van der Waals surface area (Å²) in [4.78, 5) is 11.9. The van der Waals surface area contributed by atoms with E-state index in [4.69, 9.17) is 5.73 Å². The van der Waals surface area contributed by atoms with Crippen molar-refractivity contribution in [2.75, 3.05) is 6.54 Å². The minimum atomic E-state index is -4.35. The van der Waals surface area contributed by atoms with Gasteiger partial charge in [-0.1, -0.05) is 18.2 Å². The largest absolute Gasteiger partial charge is 0.416 e. The Labute approximate surface area is 121 Å². The molecule has 116 valence electrons. The summed E-state index contributed by atoms with van der Waals surface area (Å²) in [6, 6.07) is 5.19. The highest BCUT2D eigenvalue weighted by molar-refractivity contribution is 5.83. The molecule has 1 aromatic rings. The van der Waals surface area contributed by atoms with E-state index in [-0.39, 0.29) is 17.7 Å². The molecular weight excluding hydrogens is 281 g/mol. The van der Waals surface area contributed by atoms with Crippen molar-refractivity contribution in [1.82, 2.24) is 5.32 Å². The molecule has 0 bridgehead atoms. The average molecular weight is 300 g/mol. The van der Waals surface area contributed by atoms with Crippen LogP contribution in [0.1, 0.15) is 37.3 Å². The van der Waals surface area contributed by atoms with Gasteiger partial charge in [-0.15, -0.1) is 0 Å². The summed E-state index contributed by atoms with van der Waals surface area (Å²) in [5, 5.41) is 2.74. The fourth-order valence-corrected chi connectivity index (χ4v) is 2.24. The Kier molecular flexibility index (Phi) is 4.02. The highest BCUT2D eigenvalue weighted by Crippen LogP contribution is 2.48. The number of rotatable bonds is 4. The molecule has 6 heteroatoms. The van der Waals surface area contributed by atoms with Crippen molar-refractivity contribution in [3.8, 4) is 0 Å². The molecule has 0 saturated heterocycles. The molecule has 2 rings (SSSR count). The molecule has 3 N–H and O–H groups in total. The Morgan fingerprint density at radius 2 is 2.05 bits per heavy atom. The smallest absolute Gasteiger partial charge is 0.354 e. The second-order valence-electron chi connectivity index (χ2n) is 6.28. The Hall–Kier alpha value is -1.56. The molecule has 1 aromatic carbocycles. The van der Waals surface area contributed by atoms with Gasteiger partial charge in [-0.05, 0) is 37.8 Å². The van der Waals surface area contributed by atoms with Gasteiger partial charge in [0.05, 0.1) is 5.56 Å². The van der Waals surface area contributed by atoms with Crippen LogP contribution in [0.4, 0.5) is 13.2 Å². The fraction of sp³-hybridized carbons (Fsp3) is 0.533. The molecule has 0 spiro atoms. The predicted molar refractivity (Wildman–Crippen MR) is 73.6 cm³/mol. The molecule has 0 heterocycles. The molecule has 3 nitrogen and oxygen atoms in total. The van der Waals surface area contributed by atoms with E-state index in [0.717, 1.165) is 12.1 Å². The van der Waals surface area contributed by atoms with Gasteiger partial charge in [0.15, 0.2) is 0 Å². The number of hydrogen-bond donors (Lipinski definition) is 2. The first kappa shape index (κ1) is 15.8. The van der Waals surface area contributed by atoms with Gasteiger partial charge in [-0.25, -0.2) is 0 Å². The summed E-state index contributed by atoms with van der Waals surface area (Å²) in [5.41, 5.74) is 5.17. The molecule has 1 aliphatic carbocycles. The number of alkyl halides is 3. The number of amides is 1. The maximum atomic E-state index is 12.7. The van der Waals surface area contributed by atoms with Crippen LogP contribution in [-0.4, -0.2) is 18.0 Å². The zero-order chi connectivity index (χ0) is 15.8. The van der Waals surface area contributed by atoms with E-state index in [9.17, 15) is 18.0 Å². The number of carbonyl (C=O) groups excluding carboxylic acids is 1. The lowest BCUT2D eigenvalue weighted by Gasteiger charge is -2.18. The van der Waals surface area contributed by atoms with Crippen molar-refractivity contribution in [2.24, 2.45) is 11.7 Å². The summed E-state index contributed by atoms with van der Waals surface area (Å²) in [7, 11) is 0. The van der Waals surface area contributed by atoms with Crippen molar-refractivity contribution in [1.29, 1.82) is 0 Å². The van der Waals surface area contributed by atoms with Gasteiger partial charge in [0, 0.05) is 18.0 Å². The van der Waals surface area contributed by atoms with E-state index >= 15 is 0 Å². The zero-order valence-electron chi connectivity index (χ0n) is 12.0. The molecule has 1 fully saturated rings. The molecule has 0 aromatic heterocycles. The summed E-state index contributed by atoms with van der Waals surface area (Å²) in [5.74, 6) is -0.528. The number of benzene rings is 1. The lowest BCUT2D eigenvalue weighted by molar-refractivity contribution is -0.137. The molecule has 0 aliphatic heterocycles. The van der Waals surface area contributed by atoms with Crippen LogP contribution in [0.15, 0.2) is 24.3 Å². The van der Waals surface area contributed by atoms with Crippen LogP contribution in [0.5, 0.6) is 0 Å². The molecule has 1 aliphatic rings. The number of halogens is 3. The van der Waals surface area contributed by atoms with Crippen molar-refractivity contribution >= 4 is 5.91 Å². The van der Waals surface area contributed by atoms with Crippen molar-refractivity contribution in [2.45, 2.75) is 37.9 Å². The molecule has 0 radical (unpaired) electrons. The van der Waals surface area contributed by atoms with Crippen molar-refractivity contribution in [3.05, 3.63) is 35.4 Å².